The first kappa shape index (κ1) is 20.5. The number of nitrogens with zero attached hydrogens (tertiary/aromatic N) is 1. The van der Waals surface area contributed by atoms with Crippen molar-refractivity contribution in [3.8, 4) is 0 Å². The van der Waals surface area contributed by atoms with E-state index in [1.807, 2.05) is 12.1 Å². The van der Waals surface area contributed by atoms with Gasteiger partial charge in [0.2, 0.25) is 0 Å². The standard InChI is InChI=1S/C22H24ClIN2OS/c1-2-27-22-13-19(15-7-4-3-5-8-15)25-20-12-21(26(28-24)14-18(20)22)16-9-6-10-17(23)11-16/h3-11,19-21,25H,2,12-14H2,1H3/t19-,20?,21-/m0/s1. The first-order chi connectivity index (χ1) is 13.7. The Hall–Kier alpha value is -0.730. The van der Waals surface area contributed by atoms with Gasteiger partial charge in [0, 0.05) is 57.3 Å². The monoisotopic (exact) mass is 526 g/mol. The van der Waals surface area contributed by atoms with E-state index in [9.17, 15) is 0 Å². The van der Waals surface area contributed by atoms with E-state index in [0.29, 0.717) is 18.7 Å². The zero-order valence-corrected chi connectivity index (χ0v) is 19.5. The zero-order chi connectivity index (χ0) is 19.5. The fourth-order valence-corrected chi connectivity index (χ4v) is 6.19. The van der Waals surface area contributed by atoms with Gasteiger partial charge < -0.3 is 10.1 Å². The SMILES string of the molecule is CCOC1=C2CN(SI)[C@H](c3cccc(Cl)c3)CC2N[C@H](c2ccccc2)C1. The Morgan fingerprint density at radius 3 is 2.64 bits per heavy atom. The summed E-state index contributed by atoms with van der Waals surface area (Å²) in [6, 6.07) is 19.9. The number of ether oxygens (including phenoxy) is 1. The number of halogens is 2. The molecule has 0 aliphatic carbocycles. The Morgan fingerprint density at radius 1 is 1.14 bits per heavy atom. The van der Waals surface area contributed by atoms with Gasteiger partial charge in [-0.15, -0.1) is 0 Å². The number of rotatable bonds is 5. The van der Waals surface area contributed by atoms with Crippen molar-refractivity contribution >= 4 is 41.9 Å². The summed E-state index contributed by atoms with van der Waals surface area (Å²) in [5.41, 5.74) is 4.00. The van der Waals surface area contributed by atoms with Gasteiger partial charge in [-0.2, -0.15) is 0 Å². The van der Waals surface area contributed by atoms with E-state index in [-0.39, 0.29) is 6.04 Å². The van der Waals surface area contributed by atoms with Gasteiger partial charge in [0.05, 0.1) is 12.4 Å². The molecule has 0 spiro atoms. The molecule has 3 atom stereocenters. The summed E-state index contributed by atoms with van der Waals surface area (Å²) < 4.78 is 8.58. The molecule has 2 aliphatic heterocycles. The third-order valence-electron chi connectivity index (χ3n) is 5.55. The molecule has 2 aromatic rings. The second-order valence-corrected chi connectivity index (χ2v) is 9.44. The molecule has 0 radical (unpaired) electrons. The van der Waals surface area contributed by atoms with Gasteiger partial charge in [-0.3, -0.25) is 0 Å². The minimum Gasteiger partial charge on any atom is -0.498 e. The number of hydrogen-bond acceptors (Lipinski definition) is 4. The average molecular weight is 527 g/mol. The van der Waals surface area contributed by atoms with E-state index in [4.69, 9.17) is 16.3 Å². The molecule has 148 valence electrons. The van der Waals surface area contributed by atoms with Gasteiger partial charge in [0.15, 0.2) is 0 Å². The van der Waals surface area contributed by atoms with Crippen LogP contribution in [-0.4, -0.2) is 23.5 Å². The van der Waals surface area contributed by atoms with E-state index in [2.05, 4.69) is 80.2 Å². The first-order valence-electron chi connectivity index (χ1n) is 9.66. The number of benzene rings is 2. The van der Waals surface area contributed by atoms with Crippen LogP contribution >= 0.6 is 41.9 Å². The Labute approximate surface area is 188 Å². The third kappa shape index (κ3) is 4.38. The molecule has 1 N–H and O–H groups in total. The van der Waals surface area contributed by atoms with Crippen LogP contribution in [-0.2, 0) is 4.74 Å². The maximum absolute atomic E-state index is 6.29. The van der Waals surface area contributed by atoms with Gasteiger partial charge in [0.1, 0.15) is 0 Å². The molecule has 0 saturated carbocycles. The molecular weight excluding hydrogens is 503 g/mol. The minimum atomic E-state index is 0.287. The van der Waals surface area contributed by atoms with Gasteiger partial charge in [0.25, 0.3) is 0 Å². The second-order valence-electron chi connectivity index (χ2n) is 7.22. The van der Waals surface area contributed by atoms with Gasteiger partial charge >= 0.3 is 0 Å². The predicted octanol–water partition coefficient (Wildman–Crippen LogP) is 6.48. The van der Waals surface area contributed by atoms with E-state index in [1.54, 1.807) is 9.12 Å². The lowest BCUT2D eigenvalue weighted by Crippen LogP contribution is -2.48. The summed E-state index contributed by atoms with van der Waals surface area (Å²) in [5.74, 6) is 1.17. The first-order valence-corrected chi connectivity index (χ1v) is 13.4. The highest BCUT2D eigenvalue weighted by atomic mass is 127. The smallest absolute Gasteiger partial charge is 0.0999 e. The molecule has 3 nitrogen and oxygen atoms in total. The molecule has 1 unspecified atom stereocenters. The molecule has 2 heterocycles. The molecule has 0 bridgehead atoms. The lowest BCUT2D eigenvalue weighted by Gasteiger charge is -2.44. The fourth-order valence-electron chi connectivity index (χ4n) is 4.25. The highest BCUT2D eigenvalue weighted by Gasteiger charge is 2.39. The molecule has 0 aromatic heterocycles. The summed E-state index contributed by atoms with van der Waals surface area (Å²) in [7, 11) is 1.77. The normalized spacial score (nSPS) is 25.5. The van der Waals surface area contributed by atoms with Crippen LogP contribution in [0.2, 0.25) is 5.02 Å². The topological polar surface area (TPSA) is 24.5 Å². The van der Waals surface area contributed by atoms with E-state index >= 15 is 0 Å². The van der Waals surface area contributed by atoms with Crippen LogP contribution in [0.1, 0.15) is 43.0 Å². The summed E-state index contributed by atoms with van der Waals surface area (Å²) in [5, 5.41) is 4.71. The highest BCUT2D eigenvalue weighted by molar-refractivity contribution is 14.2. The molecule has 0 amide bonds. The summed E-state index contributed by atoms with van der Waals surface area (Å²) >= 11 is 8.68. The molecule has 28 heavy (non-hydrogen) atoms. The van der Waals surface area contributed by atoms with Crippen molar-refractivity contribution in [3.63, 3.8) is 0 Å². The number of nitrogens with one attached hydrogen (secondary N) is 1. The Kier molecular flexibility index (Phi) is 6.89. The maximum atomic E-state index is 6.29. The van der Waals surface area contributed by atoms with Crippen LogP contribution in [0.3, 0.4) is 0 Å². The molecular formula is C22H24ClIN2OS. The fraction of sp³-hybridized carbons (Fsp3) is 0.364. The Balaban J connectivity index is 1.66. The van der Waals surface area contributed by atoms with Crippen molar-refractivity contribution in [2.75, 3.05) is 13.2 Å². The zero-order valence-electron chi connectivity index (χ0n) is 15.8. The molecule has 2 aliphatic rings. The van der Waals surface area contributed by atoms with Crippen LogP contribution in [0, 0.1) is 0 Å². The predicted molar refractivity (Wildman–Crippen MR) is 127 cm³/mol. The summed E-state index contributed by atoms with van der Waals surface area (Å²) in [6.07, 6.45) is 1.91. The quantitative estimate of drug-likeness (QED) is 0.356. The average Bonchev–Trinajstić information content (AvgIpc) is 2.73. The van der Waals surface area contributed by atoms with Crippen LogP contribution < -0.4 is 5.32 Å². The number of fused-ring (bicyclic) bond motifs is 1. The van der Waals surface area contributed by atoms with Gasteiger partial charge in [-0.25, -0.2) is 4.31 Å². The minimum absolute atomic E-state index is 0.287. The van der Waals surface area contributed by atoms with Crippen molar-refractivity contribution in [1.29, 1.82) is 0 Å². The lowest BCUT2D eigenvalue weighted by molar-refractivity contribution is 0.167. The second kappa shape index (κ2) is 9.39. The molecule has 6 heteroatoms. The van der Waals surface area contributed by atoms with Crippen molar-refractivity contribution in [2.45, 2.75) is 37.9 Å². The molecule has 2 aromatic carbocycles. The van der Waals surface area contributed by atoms with E-state index < -0.39 is 0 Å². The van der Waals surface area contributed by atoms with Crippen molar-refractivity contribution in [3.05, 3.63) is 82.1 Å². The third-order valence-corrected chi connectivity index (χ3v) is 7.86. The highest BCUT2D eigenvalue weighted by Crippen LogP contribution is 2.44. The van der Waals surface area contributed by atoms with Gasteiger partial charge in [-0.05, 0) is 51.3 Å². The van der Waals surface area contributed by atoms with E-state index in [0.717, 1.165) is 24.4 Å². The van der Waals surface area contributed by atoms with Crippen molar-refractivity contribution in [2.24, 2.45) is 0 Å². The largest absolute Gasteiger partial charge is 0.498 e. The molecule has 1 saturated heterocycles. The number of hydrogen-bond donors (Lipinski definition) is 1. The molecule has 4 rings (SSSR count). The molecule has 1 fully saturated rings. The Morgan fingerprint density at radius 2 is 1.93 bits per heavy atom. The van der Waals surface area contributed by atoms with Crippen LogP contribution in [0.25, 0.3) is 0 Å². The number of piperidine rings is 1. The summed E-state index contributed by atoms with van der Waals surface area (Å²) in [6.45, 7) is 3.69. The summed E-state index contributed by atoms with van der Waals surface area (Å²) in [4.78, 5) is 0. The van der Waals surface area contributed by atoms with Crippen LogP contribution in [0.4, 0.5) is 0 Å². The van der Waals surface area contributed by atoms with Crippen molar-refractivity contribution in [1.82, 2.24) is 9.62 Å². The van der Waals surface area contributed by atoms with Gasteiger partial charge in [-0.1, -0.05) is 54.1 Å². The van der Waals surface area contributed by atoms with E-state index in [1.165, 1.54) is 22.5 Å². The van der Waals surface area contributed by atoms with Crippen LogP contribution in [0.15, 0.2) is 65.9 Å². The van der Waals surface area contributed by atoms with Crippen molar-refractivity contribution < 1.29 is 4.74 Å². The van der Waals surface area contributed by atoms with Crippen LogP contribution in [0.5, 0.6) is 0 Å². The maximum Gasteiger partial charge on any atom is 0.0999 e. The lowest BCUT2D eigenvalue weighted by atomic mass is 9.84. The Bertz CT molecular complexity index is 847.